The first-order chi connectivity index (χ1) is 15.1. The second-order valence-electron chi connectivity index (χ2n) is 6.66. The van der Waals surface area contributed by atoms with Crippen molar-refractivity contribution in [1.29, 1.82) is 0 Å². The van der Waals surface area contributed by atoms with Crippen molar-refractivity contribution in [2.45, 2.75) is 6.61 Å². The van der Waals surface area contributed by atoms with E-state index in [2.05, 4.69) is 15.9 Å². The van der Waals surface area contributed by atoms with Crippen LogP contribution in [-0.4, -0.2) is 18.3 Å². The Morgan fingerprint density at radius 1 is 1.00 bits per heavy atom. The molecule has 1 aliphatic heterocycles. The first-order valence-electron chi connectivity index (χ1n) is 9.44. The number of para-hydroxylation sites is 1. The fraction of sp³-hybridized carbons (Fsp3) is 0.0833. The molecule has 3 aromatic rings. The molecular weight excluding hydrogens is 478 g/mol. The lowest BCUT2D eigenvalue weighted by atomic mass is 10.1. The SMILES string of the molecule is COc1cc(C=C2SC(=O)N(c3ccccc3)C2=O)cc(Br)c1OCc1ccccc1. The highest BCUT2D eigenvalue weighted by Crippen LogP contribution is 2.40. The van der Waals surface area contributed by atoms with E-state index in [0.29, 0.717) is 38.7 Å². The molecule has 3 aromatic carbocycles. The quantitative estimate of drug-likeness (QED) is 0.376. The van der Waals surface area contributed by atoms with Crippen LogP contribution in [0.2, 0.25) is 0 Å². The average Bonchev–Trinajstić information content (AvgIpc) is 3.06. The average molecular weight is 496 g/mol. The summed E-state index contributed by atoms with van der Waals surface area (Å²) < 4.78 is 12.2. The number of anilines is 1. The summed E-state index contributed by atoms with van der Waals surface area (Å²) in [6.45, 7) is 0.394. The molecule has 1 aliphatic rings. The molecule has 7 heteroatoms. The van der Waals surface area contributed by atoms with E-state index in [0.717, 1.165) is 17.3 Å². The number of benzene rings is 3. The molecule has 0 bridgehead atoms. The van der Waals surface area contributed by atoms with Gasteiger partial charge in [0.2, 0.25) is 0 Å². The fourth-order valence-electron chi connectivity index (χ4n) is 3.11. The van der Waals surface area contributed by atoms with Crippen LogP contribution < -0.4 is 14.4 Å². The van der Waals surface area contributed by atoms with Crippen molar-refractivity contribution in [2.75, 3.05) is 12.0 Å². The minimum Gasteiger partial charge on any atom is -0.493 e. The summed E-state index contributed by atoms with van der Waals surface area (Å²) in [7, 11) is 1.56. The number of carbonyl (C=O) groups excluding carboxylic acids is 2. The zero-order valence-corrected chi connectivity index (χ0v) is 19.0. The number of thioether (sulfide) groups is 1. The van der Waals surface area contributed by atoms with Crippen molar-refractivity contribution in [1.82, 2.24) is 0 Å². The summed E-state index contributed by atoms with van der Waals surface area (Å²) in [6.07, 6.45) is 1.68. The van der Waals surface area contributed by atoms with Crippen LogP contribution in [0.1, 0.15) is 11.1 Å². The van der Waals surface area contributed by atoms with Crippen LogP contribution in [0.3, 0.4) is 0 Å². The molecule has 1 saturated heterocycles. The molecule has 0 radical (unpaired) electrons. The largest absolute Gasteiger partial charge is 0.493 e. The summed E-state index contributed by atoms with van der Waals surface area (Å²) in [4.78, 5) is 26.8. The van der Waals surface area contributed by atoms with Crippen molar-refractivity contribution >= 4 is 50.6 Å². The van der Waals surface area contributed by atoms with Gasteiger partial charge in [-0.3, -0.25) is 9.59 Å². The summed E-state index contributed by atoms with van der Waals surface area (Å²) >= 11 is 4.45. The Morgan fingerprint density at radius 3 is 2.35 bits per heavy atom. The maximum Gasteiger partial charge on any atom is 0.298 e. The topological polar surface area (TPSA) is 55.8 Å². The van der Waals surface area contributed by atoms with Crippen molar-refractivity contribution in [3.63, 3.8) is 0 Å². The Kier molecular flexibility index (Phi) is 6.44. The third-order valence-electron chi connectivity index (χ3n) is 4.58. The van der Waals surface area contributed by atoms with Crippen LogP contribution in [0.5, 0.6) is 11.5 Å². The molecule has 0 spiro atoms. The van der Waals surface area contributed by atoms with Gasteiger partial charge in [0.1, 0.15) is 6.61 Å². The lowest BCUT2D eigenvalue weighted by molar-refractivity contribution is -0.113. The molecule has 0 unspecified atom stereocenters. The van der Waals surface area contributed by atoms with Crippen molar-refractivity contribution in [3.05, 3.63) is 93.3 Å². The number of halogens is 1. The maximum absolute atomic E-state index is 12.8. The highest BCUT2D eigenvalue weighted by atomic mass is 79.9. The Bertz CT molecular complexity index is 1150. The zero-order chi connectivity index (χ0) is 21.8. The predicted octanol–water partition coefficient (Wildman–Crippen LogP) is 6.28. The molecule has 1 heterocycles. The van der Waals surface area contributed by atoms with E-state index in [1.165, 1.54) is 4.90 Å². The number of imide groups is 1. The van der Waals surface area contributed by atoms with E-state index in [1.807, 2.05) is 42.5 Å². The second-order valence-corrected chi connectivity index (χ2v) is 8.51. The van der Waals surface area contributed by atoms with Crippen LogP contribution in [0.25, 0.3) is 6.08 Å². The first kappa shape index (κ1) is 21.2. The maximum atomic E-state index is 12.8. The summed E-state index contributed by atoms with van der Waals surface area (Å²) in [6, 6.07) is 22.3. The van der Waals surface area contributed by atoms with Crippen LogP contribution >= 0.6 is 27.7 Å². The van der Waals surface area contributed by atoms with Gasteiger partial charge in [0.05, 0.1) is 22.2 Å². The van der Waals surface area contributed by atoms with Crippen molar-refractivity contribution < 1.29 is 19.1 Å². The number of amides is 2. The zero-order valence-electron chi connectivity index (χ0n) is 16.6. The van der Waals surface area contributed by atoms with Crippen LogP contribution in [0.15, 0.2) is 82.2 Å². The standard InChI is InChI=1S/C24H18BrNO4S/c1-29-20-13-17(12-19(25)22(20)30-15-16-8-4-2-5-9-16)14-21-23(27)26(24(28)31-21)18-10-6-3-7-11-18/h2-14H,15H2,1H3. The van der Waals surface area contributed by atoms with Gasteiger partial charge in [0, 0.05) is 0 Å². The van der Waals surface area contributed by atoms with E-state index in [1.54, 1.807) is 43.5 Å². The van der Waals surface area contributed by atoms with E-state index >= 15 is 0 Å². The van der Waals surface area contributed by atoms with Crippen LogP contribution in [0.4, 0.5) is 10.5 Å². The first-order valence-corrected chi connectivity index (χ1v) is 11.0. The fourth-order valence-corrected chi connectivity index (χ4v) is 4.53. The number of hydrogen-bond acceptors (Lipinski definition) is 5. The third kappa shape index (κ3) is 4.68. The molecule has 0 aromatic heterocycles. The highest BCUT2D eigenvalue weighted by molar-refractivity contribution is 9.10. The number of carbonyl (C=O) groups is 2. The molecule has 0 aliphatic carbocycles. The molecule has 0 saturated carbocycles. The van der Waals surface area contributed by atoms with Gasteiger partial charge in [-0.25, -0.2) is 4.90 Å². The summed E-state index contributed by atoms with van der Waals surface area (Å²) in [5.41, 5.74) is 2.31. The summed E-state index contributed by atoms with van der Waals surface area (Å²) in [5, 5.41) is -0.323. The van der Waals surface area contributed by atoms with Crippen LogP contribution in [-0.2, 0) is 11.4 Å². The smallest absolute Gasteiger partial charge is 0.298 e. The van der Waals surface area contributed by atoms with E-state index < -0.39 is 0 Å². The molecule has 0 N–H and O–H groups in total. The molecule has 31 heavy (non-hydrogen) atoms. The van der Waals surface area contributed by atoms with Crippen molar-refractivity contribution in [2.24, 2.45) is 0 Å². The van der Waals surface area contributed by atoms with Gasteiger partial charge < -0.3 is 9.47 Å². The lowest BCUT2D eigenvalue weighted by Gasteiger charge is -2.14. The van der Waals surface area contributed by atoms with Gasteiger partial charge in [0.25, 0.3) is 11.1 Å². The van der Waals surface area contributed by atoms with E-state index in [9.17, 15) is 9.59 Å². The van der Waals surface area contributed by atoms with Crippen molar-refractivity contribution in [3.8, 4) is 11.5 Å². The molecule has 4 rings (SSSR count). The molecule has 1 fully saturated rings. The Balaban J connectivity index is 1.59. The van der Waals surface area contributed by atoms with Gasteiger partial charge in [0.15, 0.2) is 11.5 Å². The number of ether oxygens (including phenoxy) is 2. The van der Waals surface area contributed by atoms with Gasteiger partial charge in [-0.15, -0.1) is 0 Å². The normalized spacial score (nSPS) is 14.9. The van der Waals surface area contributed by atoms with Gasteiger partial charge in [-0.05, 0) is 69.2 Å². The Morgan fingerprint density at radius 2 is 1.68 bits per heavy atom. The third-order valence-corrected chi connectivity index (χ3v) is 6.04. The molecule has 156 valence electrons. The monoisotopic (exact) mass is 495 g/mol. The van der Waals surface area contributed by atoms with Crippen LogP contribution in [0, 0.1) is 0 Å². The molecular formula is C24H18BrNO4S. The summed E-state index contributed by atoms with van der Waals surface area (Å²) in [5.74, 6) is 0.750. The van der Waals surface area contributed by atoms with Gasteiger partial charge >= 0.3 is 0 Å². The number of rotatable bonds is 6. The number of methoxy groups -OCH3 is 1. The van der Waals surface area contributed by atoms with E-state index in [4.69, 9.17) is 9.47 Å². The van der Waals surface area contributed by atoms with E-state index in [-0.39, 0.29) is 11.1 Å². The number of hydrogen-bond donors (Lipinski definition) is 0. The van der Waals surface area contributed by atoms with Gasteiger partial charge in [-0.1, -0.05) is 48.5 Å². The molecule has 2 amide bonds. The number of nitrogens with zero attached hydrogens (tertiary/aromatic N) is 1. The minimum absolute atomic E-state index is 0.323. The Labute approximate surface area is 192 Å². The highest BCUT2D eigenvalue weighted by Gasteiger charge is 2.36. The Hall–Kier alpha value is -3.03. The second kappa shape index (κ2) is 9.41. The molecule has 0 atom stereocenters. The van der Waals surface area contributed by atoms with Gasteiger partial charge in [-0.2, -0.15) is 0 Å². The molecule has 5 nitrogen and oxygen atoms in total. The predicted molar refractivity (Wildman–Crippen MR) is 126 cm³/mol. The minimum atomic E-state index is -0.347. The lowest BCUT2D eigenvalue weighted by Crippen LogP contribution is -2.27.